The Kier molecular flexibility index (Phi) is 3.10. The van der Waals surface area contributed by atoms with Crippen LogP contribution in [0.1, 0.15) is 71.6 Å². The van der Waals surface area contributed by atoms with Gasteiger partial charge in [0.15, 0.2) is 0 Å². The summed E-state index contributed by atoms with van der Waals surface area (Å²) in [6.07, 6.45) is 10.1. The SMILES string of the molecule is C[C@@]12CC[C@H]3[C@H](CC[C@@H]4C[C@@H](O)CC[C@]43C)[C@@H]1CC(=O)C2. The lowest BCUT2D eigenvalue weighted by Crippen LogP contribution is -2.53. The zero-order chi connectivity index (χ0) is 14.8. The summed E-state index contributed by atoms with van der Waals surface area (Å²) in [5.74, 6) is 3.51. The summed E-state index contributed by atoms with van der Waals surface area (Å²) < 4.78 is 0. The number of ketones is 1. The number of hydrogen-bond donors (Lipinski definition) is 1. The van der Waals surface area contributed by atoms with Gasteiger partial charge in [-0.2, -0.15) is 0 Å². The van der Waals surface area contributed by atoms with Gasteiger partial charge >= 0.3 is 0 Å². The molecule has 4 fully saturated rings. The van der Waals surface area contributed by atoms with E-state index in [1.54, 1.807) is 0 Å². The third-order valence-electron chi connectivity index (χ3n) is 8.20. The molecule has 2 nitrogen and oxygen atoms in total. The van der Waals surface area contributed by atoms with E-state index >= 15 is 0 Å². The van der Waals surface area contributed by atoms with Crippen molar-refractivity contribution in [2.75, 3.05) is 0 Å². The van der Waals surface area contributed by atoms with Crippen molar-refractivity contribution < 1.29 is 9.90 Å². The maximum Gasteiger partial charge on any atom is 0.133 e. The van der Waals surface area contributed by atoms with Gasteiger partial charge < -0.3 is 5.11 Å². The quantitative estimate of drug-likeness (QED) is 0.733. The fourth-order valence-corrected chi connectivity index (χ4v) is 7.01. The second-order valence-electron chi connectivity index (χ2n) is 9.20. The molecule has 4 rings (SSSR count). The largest absolute Gasteiger partial charge is 0.393 e. The Morgan fingerprint density at radius 3 is 2.67 bits per heavy atom. The fraction of sp³-hybridized carbons (Fsp3) is 0.947. The molecule has 0 saturated heterocycles. The lowest BCUT2D eigenvalue weighted by molar-refractivity contribution is -0.121. The Balaban J connectivity index is 1.63. The van der Waals surface area contributed by atoms with Gasteiger partial charge in [-0.25, -0.2) is 0 Å². The van der Waals surface area contributed by atoms with Gasteiger partial charge in [-0.15, -0.1) is 0 Å². The number of hydrogen-bond acceptors (Lipinski definition) is 2. The van der Waals surface area contributed by atoms with Crippen LogP contribution in [0.25, 0.3) is 0 Å². The van der Waals surface area contributed by atoms with Gasteiger partial charge in [-0.1, -0.05) is 13.8 Å². The van der Waals surface area contributed by atoms with Crippen LogP contribution < -0.4 is 0 Å². The van der Waals surface area contributed by atoms with E-state index < -0.39 is 0 Å². The second-order valence-corrected chi connectivity index (χ2v) is 9.20. The smallest absolute Gasteiger partial charge is 0.133 e. The number of aliphatic hydroxyl groups is 1. The molecule has 4 saturated carbocycles. The van der Waals surface area contributed by atoms with Crippen LogP contribution in [0.4, 0.5) is 0 Å². The molecule has 1 N–H and O–H groups in total. The number of aliphatic hydroxyl groups excluding tert-OH is 1. The minimum absolute atomic E-state index is 0.0541. The highest BCUT2D eigenvalue weighted by atomic mass is 16.3. The van der Waals surface area contributed by atoms with Crippen molar-refractivity contribution in [3.63, 3.8) is 0 Å². The van der Waals surface area contributed by atoms with Crippen LogP contribution in [0.3, 0.4) is 0 Å². The van der Waals surface area contributed by atoms with E-state index in [9.17, 15) is 9.90 Å². The minimum atomic E-state index is -0.0541. The fourth-order valence-electron chi connectivity index (χ4n) is 7.01. The molecule has 0 aliphatic heterocycles. The zero-order valence-corrected chi connectivity index (χ0v) is 13.6. The van der Waals surface area contributed by atoms with E-state index in [1.807, 2.05) is 0 Å². The third-order valence-corrected chi connectivity index (χ3v) is 8.20. The molecule has 118 valence electrons. The van der Waals surface area contributed by atoms with Crippen LogP contribution in [-0.4, -0.2) is 17.0 Å². The summed E-state index contributed by atoms with van der Waals surface area (Å²) in [5.41, 5.74) is 0.755. The lowest BCUT2D eigenvalue weighted by Gasteiger charge is -2.60. The molecule has 0 aromatic carbocycles. The predicted octanol–water partition coefficient (Wildman–Crippen LogP) is 3.96. The van der Waals surface area contributed by atoms with E-state index in [-0.39, 0.29) is 6.10 Å². The summed E-state index contributed by atoms with van der Waals surface area (Å²) in [6, 6.07) is 0. The van der Waals surface area contributed by atoms with Crippen molar-refractivity contribution in [3.8, 4) is 0 Å². The van der Waals surface area contributed by atoms with E-state index in [0.29, 0.717) is 22.5 Å². The predicted molar refractivity (Wildman–Crippen MR) is 82.7 cm³/mol. The molecule has 4 aliphatic carbocycles. The lowest BCUT2D eigenvalue weighted by atomic mass is 9.45. The molecule has 0 bridgehead atoms. The van der Waals surface area contributed by atoms with Crippen LogP contribution in [-0.2, 0) is 4.79 Å². The van der Waals surface area contributed by atoms with Gasteiger partial charge in [0.05, 0.1) is 6.10 Å². The van der Waals surface area contributed by atoms with Gasteiger partial charge in [-0.3, -0.25) is 4.79 Å². The van der Waals surface area contributed by atoms with Crippen molar-refractivity contribution in [1.29, 1.82) is 0 Å². The van der Waals surface area contributed by atoms with Gasteiger partial charge in [0.1, 0.15) is 5.78 Å². The third kappa shape index (κ3) is 1.97. The zero-order valence-electron chi connectivity index (χ0n) is 13.6. The average Bonchev–Trinajstić information content (AvgIpc) is 2.74. The second kappa shape index (κ2) is 4.57. The highest BCUT2D eigenvalue weighted by molar-refractivity contribution is 5.82. The van der Waals surface area contributed by atoms with Crippen LogP contribution >= 0.6 is 0 Å². The molecule has 4 aliphatic rings. The highest BCUT2D eigenvalue weighted by Gasteiger charge is 2.59. The van der Waals surface area contributed by atoms with Crippen molar-refractivity contribution >= 4 is 5.78 Å². The Morgan fingerprint density at radius 2 is 1.86 bits per heavy atom. The number of fused-ring (bicyclic) bond motifs is 5. The first kappa shape index (κ1) is 14.2. The van der Waals surface area contributed by atoms with Gasteiger partial charge in [0.2, 0.25) is 0 Å². The minimum Gasteiger partial charge on any atom is -0.393 e. The summed E-state index contributed by atoms with van der Waals surface area (Å²) in [5, 5.41) is 10.0. The Bertz CT molecular complexity index is 458. The number of carbonyl (C=O) groups is 1. The van der Waals surface area contributed by atoms with Crippen LogP contribution in [0, 0.1) is 34.5 Å². The first-order valence-electron chi connectivity index (χ1n) is 9.12. The van der Waals surface area contributed by atoms with Crippen LogP contribution in [0.5, 0.6) is 0 Å². The van der Waals surface area contributed by atoms with E-state index in [2.05, 4.69) is 13.8 Å². The topological polar surface area (TPSA) is 37.3 Å². The maximum absolute atomic E-state index is 12.1. The summed E-state index contributed by atoms with van der Waals surface area (Å²) >= 11 is 0. The summed E-state index contributed by atoms with van der Waals surface area (Å²) in [7, 11) is 0. The molecule has 0 aromatic heterocycles. The van der Waals surface area contributed by atoms with Crippen LogP contribution in [0.15, 0.2) is 0 Å². The Morgan fingerprint density at radius 1 is 1.05 bits per heavy atom. The summed E-state index contributed by atoms with van der Waals surface area (Å²) in [6.45, 7) is 4.90. The highest BCUT2D eigenvalue weighted by Crippen LogP contribution is 2.65. The number of carbonyl (C=O) groups excluding carboxylic acids is 1. The van der Waals surface area contributed by atoms with Crippen molar-refractivity contribution in [1.82, 2.24) is 0 Å². The number of rotatable bonds is 0. The van der Waals surface area contributed by atoms with Crippen LogP contribution in [0.2, 0.25) is 0 Å². The van der Waals surface area contributed by atoms with E-state index in [1.165, 1.54) is 32.1 Å². The molecule has 0 heterocycles. The molecule has 21 heavy (non-hydrogen) atoms. The molecular formula is C19H30O2. The molecule has 0 radical (unpaired) electrons. The van der Waals surface area contributed by atoms with E-state index in [0.717, 1.165) is 43.4 Å². The molecule has 7 atom stereocenters. The van der Waals surface area contributed by atoms with Gasteiger partial charge in [0, 0.05) is 12.8 Å². The molecule has 0 spiro atoms. The molecule has 0 aromatic rings. The molecular weight excluding hydrogens is 260 g/mol. The van der Waals surface area contributed by atoms with Crippen molar-refractivity contribution in [2.24, 2.45) is 34.5 Å². The van der Waals surface area contributed by atoms with Gasteiger partial charge in [0.25, 0.3) is 0 Å². The molecule has 2 heteroatoms. The Labute approximate surface area is 128 Å². The number of Topliss-reactive ketones (excluding diaryl/α,β-unsaturated/α-hetero) is 1. The summed E-state index contributed by atoms with van der Waals surface area (Å²) in [4.78, 5) is 12.1. The normalized spacial score (nSPS) is 56.5. The van der Waals surface area contributed by atoms with Gasteiger partial charge in [-0.05, 0) is 79.4 Å². The first-order valence-corrected chi connectivity index (χ1v) is 9.12. The van der Waals surface area contributed by atoms with E-state index in [4.69, 9.17) is 0 Å². The monoisotopic (exact) mass is 290 g/mol. The average molecular weight is 290 g/mol. The standard InChI is InChI=1S/C19H30O2/c1-18-7-6-16-15(17(18)10-14(21)11-18)4-3-12-9-13(20)5-8-19(12,16)2/h12-13,15-17,20H,3-11H2,1-2H3/t12-,13+,15+,16+,17+,18+,19-/m1/s1. The Hall–Kier alpha value is -0.370. The van der Waals surface area contributed by atoms with Crippen molar-refractivity contribution in [2.45, 2.75) is 77.7 Å². The maximum atomic E-state index is 12.1. The molecule has 0 amide bonds. The van der Waals surface area contributed by atoms with Crippen molar-refractivity contribution in [3.05, 3.63) is 0 Å². The molecule has 0 unspecified atom stereocenters. The first-order chi connectivity index (χ1) is 9.92.